The summed E-state index contributed by atoms with van der Waals surface area (Å²) in [6.07, 6.45) is 1.50. The van der Waals surface area contributed by atoms with Crippen molar-refractivity contribution < 1.29 is 8.78 Å². The number of benzene rings is 1. The lowest BCUT2D eigenvalue weighted by Crippen LogP contribution is -2.56. The van der Waals surface area contributed by atoms with Gasteiger partial charge in [-0.3, -0.25) is 4.98 Å². The topological polar surface area (TPSA) is 55.0 Å². The molecule has 2 heterocycles. The van der Waals surface area contributed by atoms with E-state index in [0.29, 0.717) is 22.5 Å². The summed E-state index contributed by atoms with van der Waals surface area (Å²) >= 11 is 0. The standard InChI is InChI=1S/C11H10F2N4/c12-11(13)5-17(6-11)9-4-15-8-3-1-2-7(14)10(8)16-9/h1-4H,5-6,14H2. The molecule has 2 N–H and O–H groups in total. The van der Waals surface area contributed by atoms with Gasteiger partial charge in [-0.05, 0) is 12.1 Å². The zero-order chi connectivity index (χ0) is 12.0. The lowest BCUT2D eigenvalue weighted by Gasteiger charge is -2.39. The van der Waals surface area contributed by atoms with Gasteiger partial charge in [-0.25, -0.2) is 13.8 Å². The second kappa shape index (κ2) is 3.26. The van der Waals surface area contributed by atoms with Crippen LogP contribution in [-0.4, -0.2) is 29.0 Å². The maximum absolute atomic E-state index is 12.8. The number of alkyl halides is 2. The number of fused-ring (bicyclic) bond motifs is 1. The van der Waals surface area contributed by atoms with Crippen LogP contribution in [0.15, 0.2) is 24.4 Å². The highest BCUT2D eigenvalue weighted by Crippen LogP contribution is 2.31. The summed E-state index contributed by atoms with van der Waals surface area (Å²) < 4.78 is 25.5. The second-order valence-electron chi connectivity index (χ2n) is 4.16. The first kappa shape index (κ1) is 10.2. The van der Waals surface area contributed by atoms with Crippen molar-refractivity contribution in [3.63, 3.8) is 0 Å². The smallest absolute Gasteiger partial charge is 0.282 e. The third-order valence-electron chi connectivity index (χ3n) is 2.76. The number of halogens is 2. The normalized spacial score (nSPS) is 18.1. The first-order valence-electron chi connectivity index (χ1n) is 5.19. The van der Waals surface area contributed by atoms with E-state index in [0.717, 1.165) is 0 Å². The molecule has 0 saturated carbocycles. The van der Waals surface area contributed by atoms with Crippen LogP contribution in [0.25, 0.3) is 11.0 Å². The van der Waals surface area contributed by atoms with Crippen LogP contribution in [-0.2, 0) is 0 Å². The van der Waals surface area contributed by atoms with Gasteiger partial charge in [0.25, 0.3) is 5.92 Å². The molecule has 0 atom stereocenters. The van der Waals surface area contributed by atoms with E-state index < -0.39 is 5.92 Å². The number of para-hydroxylation sites is 1. The van der Waals surface area contributed by atoms with E-state index >= 15 is 0 Å². The van der Waals surface area contributed by atoms with Gasteiger partial charge in [-0.2, -0.15) is 0 Å². The lowest BCUT2D eigenvalue weighted by molar-refractivity contribution is -0.0267. The molecule has 1 aromatic carbocycles. The SMILES string of the molecule is Nc1cccc2ncc(N3CC(F)(F)C3)nc12. The zero-order valence-electron chi connectivity index (χ0n) is 8.90. The van der Waals surface area contributed by atoms with Crippen LogP contribution in [0, 0.1) is 0 Å². The minimum atomic E-state index is -2.61. The number of rotatable bonds is 1. The van der Waals surface area contributed by atoms with Gasteiger partial charge in [0.2, 0.25) is 0 Å². The van der Waals surface area contributed by atoms with Gasteiger partial charge in [-0.1, -0.05) is 6.07 Å². The molecule has 0 radical (unpaired) electrons. The fraction of sp³-hybridized carbons (Fsp3) is 0.273. The van der Waals surface area contributed by atoms with Crippen molar-refractivity contribution in [3.05, 3.63) is 24.4 Å². The molecule has 1 fully saturated rings. The predicted octanol–water partition coefficient (Wildman–Crippen LogP) is 1.67. The number of nitrogens with zero attached hydrogens (tertiary/aromatic N) is 3. The number of aromatic nitrogens is 2. The Balaban J connectivity index is 2.00. The number of hydrogen-bond acceptors (Lipinski definition) is 4. The Kier molecular flexibility index (Phi) is 1.95. The van der Waals surface area contributed by atoms with Crippen LogP contribution < -0.4 is 10.6 Å². The van der Waals surface area contributed by atoms with Gasteiger partial charge in [0.15, 0.2) is 0 Å². The Morgan fingerprint density at radius 3 is 2.76 bits per heavy atom. The Labute approximate surface area is 96.1 Å². The molecule has 17 heavy (non-hydrogen) atoms. The molecule has 1 saturated heterocycles. The van der Waals surface area contributed by atoms with Crippen molar-refractivity contribution in [2.45, 2.75) is 5.92 Å². The lowest BCUT2D eigenvalue weighted by atomic mass is 10.1. The molecule has 0 amide bonds. The summed E-state index contributed by atoms with van der Waals surface area (Å²) in [5.41, 5.74) is 7.50. The highest BCUT2D eigenvalue weighted by molar-refractivity contribution is 5.87. The Morgan fingerprint density at radius 1 is 1.29 bits per heavy atom. The molecule has 88 valence electrons. The van der Waals surface area contributed by atoms with Crippen molar-refractivity contribution in [2.75, 3.05) is 23.7 Å². The van der Waals surface area contributed by atoms with Gasteiger partial charge in [-0.15, -0.1) is 0 Å². The largest absolute Gasteiger partial charge is 0.397 e. The second-order valence-corrected chi connectivity index (χ2v) is 4.16. The van der Waals surface area contributed by atoms with Gasteiger partial charge in [0, 0.05) is 0 Å². The molecule has 2 aromatic rings. The molecule has 4 nitrogen and oxygen atoms in total. The maximum Gasteiger partial charge on any atom is 0.282 e. The van der Waals surface area contributed by atoms with E-state index in [-0.39, 0.29) is 13.1 Å². The average Bonchev–Trinajstić information content (AvgIpc) is 2.26. The van der Waals surface area contributed by atoms with Crippen LogP contribution in [0.2, 0.25) is 0 Å². The highest BCUT2D eigenvalue weighted by Gasteiger charge is 2.44. The summed E-state index contributed by atoms with van der Waals surface area (Å²) in [6.45, 7) is -0.611. The maximum atomic E-state index is 12.8. The molecule has 0 unspecified atom stereocenters. The first-order valence-corrected chi connectivity index (χ1v) is 5.19. The van der Waals surface area contributed by atoms with Crippen molar-refractivity contribution in [2.24, 2.45) is 0 Å². The molecule has 0 spiro atoms. The molecule has 1 aliphatic heterocycles. The summed E-state index contributed by atoms with van der Waals surface area (Å²) in [7, 11) is 0. The Hall–Kier alpha value is -1.98. The summed E-state index contributed by atoms with van der Waals surface area (Å²) in [6, 6.07) is 5.28. The van der Waals surface area contributed by atoms with E-state index in [1.807, 2.05) is 0 Å². The molecule has 0 bridgehead atoms. The number of anilines is 2. The van der Waals surface area contributed by atoms with Crippen LogP contribution in [0.4, 0.5) is 20.3 Å². The van der Waals surface area contributed by atoms with Crippen molar-refractivity contribution in [1.29, 1.82) is 0 Å². The molecule has 0 aliphatic carbocycles. The minimum Gasteiger partial charge on any atom is -0.397 e. The van der Waals surface area contributed by atoms with Crippen molar-refractivity contribution in [1.82, 2.24) is 9.97 Å². The molecule has 6 heteroatoms. The van der Waals surface area contributed by atoms with Crippen LogP contribution in [0.5, 0.6) is 0 Å². The summed E-state index contributed by atoms with van der Waals surface area (Å²) in [5, 5.41) is 0. The van der Waals surface area contributed by atoms with E-state index in [1.54, 1.807) is 18.2 Å². The van der Waals surface area contributed by atoms with E-state index in [4.69, 9.17) is 5.73 Å². The third-order valence-corrected chi connectivity index (χ3v) is 2.76. The summed E-state index contributed by atoms with van der Waals surface area (Å²) in [5.74, 6) is -2.17. The quantitative estimate of drug-likeness (QED) is 0.765. The average molecular weight is 236 g/mol. The van der Waals surface area contributed by atoms with Crippen LogP contribution in [0.1, 0.15) is 0 Å². The van der Waals surface area contributed by atoms with Crippen LogP contribution >= 0.6 is 0 Å². The van der Waals surface area contributed by atoms with E-state index in [2.05, 4.69) is 9.97 Å². The van der Waals surface area contributed by atoms with Gasteiger partial charge in [0.05, 0.1) is 30.5 Å². The van der Waals surface area contributed by atoms with E-state index in [1.165, 1.54) is 11.1 Å². The number of nitrogens with two attached hydrogens (primary N) is 1. The molecular formula is C11H10F2N4. The van der Waals surface area contributed by atoms with Gasteiger partial charge >= 0.3 is 0 Å². The molecule has 3 rings (SSSR count). The van der Waals surface area contributed by atoms with Crippen LogP contribution in [0.3, 0.4) is 0 Å². The monoisotopic (exact) mass is 236 g/mol. The first-order chi connectivity index (χ1) is 8.05. The fourth-order valence-electron chi connectivity index (χ4n) is 1.87. The zero-order valence-corrected chi connectivity index (χ0v) is 8.90. The number of hydrogen-bond donors (Lipinski definition) is 1. The summed E-state index contributed by atoms with van der Waals surface area (Å²) in [4.78, 5) is 9.92. The van der Waals surface area contributed by atoms with E-state index in [9.17, 15) is 8.78 Å². The Morgan fingerprint density at radius 2 is 2.06 bits per heavy atom. The molecule has 1 aliphatic rings. The molecule has 1 aromatic heterocycles. The Bertz CT molecular complexity index is 577. The van der Waals surface area contributed by atoms with Gasteiger partial charge in [0.1, 0.15) is 11.3 Å². The van der Waals surface area contributed by atoms with Gasteiger partial charge < -0.3 is 10.6 Å². The van der Waals surface area contributed by atoms with Crippen molar-refractivity contribution >= 4 is 22.5 Å². The third kappa shape index (κ3) is 1.65. The minimum absolute atomic E-state index is 0.306. The number of nitrogen functional groups attached to an aromatic ring is 1. The fourth-order valence-corrected chi connectivity index (χ4v) is 1.87. The van der Waals surface area contributed by atoms with Crippen molar-refractivity contribution in [3.8, 4) is 0 Å². The highest BCUT2D eigenvalue weighted by atomic mass is 19.3. The predicted molar refractivity (Wildman–Crippen MR) is 61.1 cm³/mol. The molecular weight excluding hydrogens is 226 g/mol.